The molecule has 2 heterocycles. The molecule has 1 saturated carbocycles. The summed E-state index contributed by atoms with van der Waals surface area (Å²) in [7, 11) is 1.57. The van der Waals surface area contributed by atoms with Gasteiger partial charge >= 0.3 is 5.69 Å². The predicted octanol–water partition coefficient (Wildman–Crippen LogP) is 1.51. The Bertz CT molecular complexity index is 1090. The van der Waals surface area contributed by atoms with Crippen molar-refractivity contribution < 1.29 is 4.74 Å². The first kappa shape index (κ1) is 17.0. The summed E-state index contributed by atoms with van der Waals surface area (Å²) in [5, 5.41) is 17.2. The summed E-state index contributed by atoms with van der Waals surface area (Å²) < 4.78 is 5.42. The Morgan fingerprint density at radius 1 is 1.19 bits per heavy atom. The Morgan fingerprint density at radius 2 is 1.96 bits per heavy atom. The Morgan fingerprint density at radius 3 is 2.63 bits per heavy atom. The number of nitrogens with one attached hydrogen (secondary N) is 2. The molecule has 1 aliphatic heterocycles. The van der Waals surface area contributed by atoms with Crippen LogP contribution >= 0.6 is 0 Å². The van der Waals surface area contributed by atoms with Gasteiger partial charge < -0.3 is 9.72 Å². The van der Waals surface area contributed by atoms with Crippen LogP contribution in [-0.4, -0.2) is 28.7 Å². The second kappa shape index (κ2) is 6.68. The zero-order chi connectivity index (χ0) is 19.0. The second-order valence-corrected chi connectivity index (χ2v) is 6.73. The summed E-state index contributed by atoms with van der Waals surface area (Å²) >= 11 is 0. The molecule has 2 N–H and O–H groups in total. The van der Waals surface area contributed by atoms with E-state index in [1.165, 1.54) is 11.8 Å². The standard InChI is InChI=1S/C19H17N5O3/c1-27-18-14(13-6-12(13)11-4-2-10(8-20)3-5-11)7-16(23-24-18)15-9-21-19(26)22-17(15)25/h2-5,9,12-14H,6-7H2,1H3,(H2,21,22,25,26)/t12-,13+,14?/m1/s1. The second-order valence-electron chi connectivity index (χ2n) is 6.73. The van der Waals surface area contributed by atoms with Crippen LogP contribution < -0.4 is 11.2 Å². The van der Waals surface area contributed by atoms with Gasteiger partial charge in [0.2, 0.25) is 5.90 Å². The van der Waals surface area contributed by atoms with Crippen molar-refractivity contribution in [2.75, 3.05) is 7.11 Å². The number of nitriles is 1. The van der Waals surface area contributed by atoms with E-state index >= 15 is 0 Å². The molecule has 0 saturated heterocycles. The fraction of sp³-hybridized carbons (Fsp3) is 0.316. The molecule has 0 bridgehead atoms. The number of methoxy groups -OCH3 is 1. The average molecular weight is 363 g/mol. The molecule has 27 heavy (non-hydrogen) atoms. The number of rotatable bonds is 3. The topological polar surface area (TPSA) is 123 Å². The largest absolute Gasteiger partial charge is 0.483 e. The maximum absolute atomic E-state index is 12.1. The first-order chi connectivity index (χ1) is 13.1. The lowest BCUT2D eigenvalue weighted by atomic mass is 9.91. The summed E-state index contributed by atoms with van der Waals surface area (Å²) in [5.41, 5.74) is 1.63. The molecule has 0 spiro atoms. The number of hydrogen-bond donors (Lipinski definition) is 2. The molecule has 4 rings (SSSR count). The van der Waals surface area contributed by atoms with Crippen molar-refractivity contribution >= 4 is 11.6 Å². The van der Waals surface area contributed by atoms with Crippen LogP contribution in [0.15, 0.2) is 50.3 Å². The minimum absolute atomic E-state index is 0.00877. The third-order valence-corrected chi connectivity index (χ3v) is 5.16. The average Bonchev–Trinajstić information content (AvgIpc) is 3.48. The number of hydrogen-bond acceptors (Lipinski definition) is 6. The highest BCUT2D eigenvalue weighted by Gasteiger charge is 2.47. The molecule has 1 aliphatic carbocycles. The highest BCUT2D eigenvalue weighted by molar-refractivity contribution is 6.04. The lowest BCUT2D eigenvalue weighted by Crippen LogP contribution is -2.32. The van der Waals surface area contributed by atoms with Crippen molar-refractivity contribution in [3.05, 3.63) is 68.0 Å². The molecule has 1 aromatic carbocycles. The molecule has 3 atom stereocenters. The van der Waals surface area contributed by atoms with E-state index in [9.17, 15) is 9.59 Å². The monoisotopic (exact) mass is 363 g/mol. The lowest BCUT2D eigenvalue weighted by molar-refractivity contribution is 0.349. The Labute approximate surface area is 154 Å². The van der Waals surface area contributed by atoms with Gasteiger partial charge in [0, 0.05) is 18.5 Å². The lowest BCUT2D eigenvalue weighted by Gasteiger charge is -2.21. The van der Waals surface area contributed by atoms with E-state index in [2.05, 4.69) is 26.2 Å². The highest BCUT2D eigenvalue weighted by Crippen LogP contribution is 2.53. The summed E-state index contributed by atoms with van der Waals surface area (Å²) in [4.78, 5) is 28.0. The minimum Gasteiger partial charge on any atom is -0.483 e. The third kappa shape index (κ3) is 3.19. The Kier molecular flexibility index (Phi) is 4.20. The van der Waals surface area contributed by atoms with Gasteiger partial charge in [-0.05, 0) is 36.0 Å². The molecule has 1 aromatic heterocycles. The van der Waals surface area contributed by atoms with Crippen molar-refractivity contribution in [2.24, 2.45) is 22.0 Å². The van der Waals surface area contributed by atoms with Crippen LogP contribution in [0.2, 0.25) is 0 Å². The van der Waals surface area contributed by atoms with Crippen LogP contribution in [0.25, 0.3) is 0 Å². The molecule has 2 aliphatic rings. The first-order valence-electron chi connectivity index (χ1n) is 8.61. The molecular weight excluding hydrogens is 346 g/mol. The smallest absolute Gasteiger partial charge is 0.325 e. The van der Waals surface area contributed by atoms with Crippen molar-refractivity contribution in [3.8, 4) is 6.07 Å². The number of benzene rings is 1. The molecule has 1 unspecified atom stereocenters. The number of aromatic nitrogens is 2. The Hall–Kier alpha value is -3.47. The predicted molar refractivity (Wildman–Crippen MR) is 98.8 cm³/mol. The van der Waals surface area contributed by atoms with Crippen molar-refractivity contribution in [3.63, 3.8) is 0 Å². The van der Waals surface area contributed by atoms with Gasteiger partial charge in [0.1, 0.15) is 0 Å². The molecule has 2 aromatic rings. The van der Waals surface area contributed by atoms with Crippen LogP contribution in [0.4, 0.5) is 0 Å². The van der Waals surface area contributed by atoms with Crippen LogP contribution in [0.5, 0.6) is 0 Å². The number of ether oxygens (including phenoxy) is 1. The fourth-order valence-electron chi connectivity index (χ4n) is 3.68. The number of H-pyrrole nitrogens is 2. The third-order valence-electron chi connectivity index (χ3n) is 5.16. The van der Waals surface area contributed by atoms with E-state index < -0.39 is 11.2 Å². The Balaban J connectivity index is 1.57. The molecular formula is C19H17N5O3. The molecule has 136 valence electrons. The van der Waals surface area contributed by atoms with Gasteiger partial charge in [0.05, 0.1) is 30.0 Å². The first-order valence-corrected chi connectivity index (χ1v) is 8.61. The number of aromatic amines is 2. The van der Waals surface area contributed by atoms with Crippen molar-refractivity contribution in [1.29, 1.82) is 5.26 Å². The zero-order valence-electron chi connectivity index (χ0n) is 14.6. The summed E-state index contributed by atoms with van der Waals surface area (Å²) in [6, 6.07) is 9.74. The summed E-state index contributed by atoms with van der Waals surface area (Å²) in [6.45, 7) is 0. The van der Waals surface area contributed by atoms with Gasteiger partial charge in [-0.1, -0.05) is 12.1 Å². The van der Waals surface area contributed by atoms with Crippen LogP contribution in [-0.2, 0) is 4.74 Å². The van der Waals surface area contributed by atoms with Gasteiger partial charge in [-0.2, -0.15) is 10.4 Å². The van der Waals surface area contributed by atoms with Crippen LogP contribution in [0, 0.1) is 23.2 Å². The van der Waals surface area contributed by atoms with Crippen molar-refractivity contribution in [2.45, 2.75) is 18.8 Å². The summed E-state index contributed by atoms with van der Waals surface area (Å²) in [5.74, 6) is 1.25. The van der Waals surface area contributed by atoms with Gasteiger partial charge in [-0.25, -0.2) is 4.79 Å². The van der Waals surface area contributed by atoms with Gasteiger partial charge in [-0.15, -0.1) is 5.10 Å². The van der Waals surface area contributed by atoms with Crippen molar-refractivity contribution in [1.82, 2.24) is 9.97 Å². The molecule has 8 nitrogen and oxygen atoms in total. The summed E-state index contributed by atoms with van der Waals surface area (Å²) in [6.07, 6.45) is 2.86. The molecule has 1 fully saturated rings. The molecule has 0 amide bonds. The maximum atomic E-state index is 12.1. The minimum atomic E-state index is -0.555. The van der Waals surface area contributed by atoms with Gasteiger partial charge in [0.25, 0.3) is 5.56 Å². The number of nitrogens with zero attached hydrogens (tertiary/aromatic N) is 3. The van der Waals surface area contributed by atoms with Gasteiger partial charge in [0.15, 0.2) is 0 Å². The molecule has 0 radical (unpaired) electrons. The fourth-order valence-corrected chi connectivity index (χ4v) is 3.68. The SMILES string of the molecule is COC1=NN=C(c2c[nH]c(=O)[nH]c2=O)CC1[C@H]1C[C@@H]1c1ccc(C#N)cc1. The van der Waals surface area contributed by atoms with E-state index in [1.807, 2.05) is 24.3 Å². The normalized spacial score (nSPS) is 23.8. The van der Waals surface area contributed by atoms with Gasteiger partial charge in [-0.3, -0.25) is 9.78 Å². The van der Waals surface area contributed by atoms with E-state index in [1.54, 1.807) is 7.11 Å². The highest BCUT2D eigenvalue weighted by atomic mass is 16.5. The van der Waals surface area contributed by atoms with Crippen LogP contribution in [0.1, 0.15) is 35.4 Å². The van der Waals surface area contributed by atoms with E-state index in [-0.39, 0.29) is 5.92 Å². The quantitative estimate of drug-likeness (QED) is 0.857. The molecule has 8 heteroatoms. The van der Waals surface area contributed by atoms with E-state index in [0.29, 0.717) is 41.0 Å². The maximum Gasteiger partial charge on any atom is 0.325 e. The van der Waals surface area contributed by atoms with E-state index in [0.717, 1.165) is 6.42 Å². The van der Waals surface area contributed by atoms with E-state index in [4.69, 9.17) is 10.00 Å². The van der Waals surface area contributed by atoms with Crippen LogP contribution in [0.3, 0.4) is 0 Å². The zero-order valence-corrected chi connectivity index (χ0v) is 14.6.